The highest BCUT2D eigenvalue weighted by Crippen LogP contribution is 2.14. The molecule has 0 bridgehead atoms. The van der Waals surface area contributed by atoms with Crippen LogP contribution in [-0.2, 0) is 4.74 Å². The summed E-state index contributed by atoms with van der Waals surface area (Å²) in [5, 5.41) is 8.84. The minimum Gasteiger partial charge on any atom is -0.461 e. The number of hydrogen-bond donors (Lipinski definition) is 0. The van der Waals surface area contributed by atoms with Gasteiger partial charge in [0.15, 0.2) is 5.69 Å². The van der Waals surface area contributed by atoms with Crippen LogP contribution in [0.3, 0.4) is 0 Å². The minimum absolute atomic E-state index is 0.309. The molecule has 2 heterocycles. The Morgan fingerprint density at radius 3 is 3.00 bits per heavy atom. The van der Waals surface area contributed by atoms with Crippen LogP contribution in [0, 0.1) is 18.3 Å². The smallest absolute Gasteiger partial charge is 0.357 e. The fourth-order valence-electron chi connectivity index (χ4n) is 1.67. The van der Waals surface area contributed by atoms with Crippen molar-refractivity contribution in [3.05, 3.63) is 35.3 Å². The molecule has 5 nitrogen and oxygen atoms in total. The van der Waals surface area contributed by atoms with E-state index >= 15 is 0 Å². The molecule has 2 aromatic rings. The predicted molar refractivity (Wildman–Crippen MR) is 60.6 cm³/mol. The van der Waals surface area contributed by atoms with Crippen molar-refractivity contribution in [1.82, 2.24) is 9.38 Å². The number of esters is 1. The Labute approximate surface area is 98.3 Å². The first-order valence-corrected chi connectivity index (χ1v) is 5.23. The number of hydrogen-bond acceptors (Lipinski definition) is 4. The highest BCUT2D eigenvalue weighted by molar-refractivity contribution is 5.90. The van der Waals surface area contributed by atoms with Crippen molar-refractivity contribution in [3.8, 4) is 6.07 Å². The van der Waals surface area contributed by atoms with E-state index in [2.05, 4.69) is 4.98 Å². The topological polar surface area (TPSA) is 67.4 Å². The molecule has 0 fully saturated rings. The lowest BCUT2D eigenvalue weighted by Crippen LogP contribution is -2.09. The molecule has 2 rings (SSSR count). The van der Waals surface area contributed by atoms with E-state index in [0.29, 0.717) is 29.2 Å². The third kappa shape index (κ3) is 1.85. The van der Waals surface area contributed by atoms with Gasteiger partial charge < -0.3 is 4.74 Å². The number of rotatable bonds is 2. The zero-order chi connectivity index (χ0) is 12.4. The third-order valence-electron chi connectivity index (χ3n) is 2.39. The van der Waals surface area contributed by atoms with E-state index in [1.165, 1.54) is 0 Å². The standard InChI is InChI=1S/C12H11N3O2/c1-3-17-12(16)11-8(2)14-10-5-4-9(6-13)7-15(10)11/h4-5,7H,3H2,1-2H3. The van der Waals surface area contributed by atoms with Crippen molar-refractivity contribution in [2.24, 2.45) is 0 Å². The summed E-state index contributed by atoms with van der Waals surface area (Å²) in [6.45, 7) is 3.80. The van der Waals surface area contributed by atoms with E-state index in [1.54, 1.807) is 36.6 Å². The molecule has 86 valence electrons. The molecule has 0 aromatic carbocycles. The molecule has 17 heavy (non-hydrogen) atoms. The number of aromatic nitrogens is 2. The molecule has 0 amide bonds. The minimum atomic E-state index is -0.424. The second-order valence-electron chi connectivity index (χ2n) is 3.52. The molecule has 0 aliphatic rings. The Bertz CT molecular complexity index is 622. The zero-order valence-corrected chi connectivity index (χ0v) is 9.60. The van der Waals surface area contributed by atoms with Crippen LogP contribution in [0.2, 0.25) is 0 Å². The molecule has 0 N–H and O–H groups in total. The molecular formula is C12H11N3O2. The van der Waals surface area contributed by atoms with E-state index in [9.17, 15) is 4.79 Å². The number of nitriles is 1. The lowest BCUT2D eigenvalue weighted by Gasteiger charge is -2.02. The largest absolute Gasteiger partial charge is 0.461 e. The van der Waals surface area contributed by atoms with Crippen LogP contribution in [0.15, 0.2) is 18.3 Å². The zero-order valence-electron chi connectivity index (χ0n) is 9.60. The maximum absolute atomic E-state index is 11.8. The summed E-state index contributed by atoms with van der Waals surface area (Å²) in [7, 11) is 0. The summed E-state index contributed by atoms with van der Waals surface area (Å²) in [5.74, 6) is -0.424. The second kappa shape index (κ2) is 4.26. The number of fused-ring (bicyclic) bond motifs is 1. The number of imidazole rings is 1. The van der Waals surface area contributed by atoms with E-state index in [0.717, 1.165) is 0 Å². The number of nitrogens with zero attached hydrogens (tertiary/aromatic N) is 3. The van der Waals surface area contributed by atoms with Crippen molar-refractivity contribution in [3.63, 3.8) is 0 Å². The van der Waals surface area contributed by atoms with Gasteiger partial charge in [0.1, 0.15) is 11.7 Å². The molecule has 0 radical (unpaired) electrons. The van der Waals surface area contributed by atoms with E-state index in [4.69, 9.17) is 10.00 Å². The fraction of sp³-hybridized carbons (Fsp3) is 0.250. The highest BCUT2D eigenvalue weighted by Gasteiger charge is 2.17. The van der Waals surface area contributed by atoms with Crippen LogP contribution in [0.25, 0.3) is 5.65 Å². The van der Waals surface area contributed by atoms with Crippen molar-refractivity contribution in [2.75, 3.05) is 6.61 Å². The molecule has 2 aromatic heterocycles. The number of aryl methyl sites for hydroxylation is 1. The Balaban J connectivity index is 2.65. The molecule has 0 aliphatic carbocycles. The van der Waals surface area contributed by atoms with Crippen LogP contribution in [0.4, 0.5) is 0 Å². The number of carbonyl (C=O) groups excluding carboxylic acids is 1. The predicted octanol–water partition coefficient (Wildman–Crippen LogP) is 1.69. The van der Waals surface area contributed by atoms with Crippen LogP contribution in [-0.4, -0.2) is 22.0 Å². The molecule has 0 saturated carbocycles. The number of carbonyl (C=O) groups is 1. The van der Waals surface area contributed by atoms with Gasteiger partial charge in [0.25, 0.3) is 0 Å². The van der Waals surface area contributed by atoms with Crippen molar-refractivity contribution < 1.29 is 9.53 Å². The third-order valence-corrected chi connectivity index (χ3v) is 2.39. The highest BCUT2D eigenvalue weighted by atomic mass is 16.5. The van der Waals surface area contributed by atoms with Gasteiger partial charge >= 0.3 is 5.97 Å². The van der Waals surface area contributed by atoms with E-state index in [1.807, 2.05) is 6.07 Å². The van der Waals surface area contributed by atoms with Crippen LogP contribution >= 0.6 is 0 Å². The van der Waals surface area contributed by atoms with Gasteiger partial charge in [0, 0.05) is 6.20 Å². The van der Waals surface area contributed by atoms with Crippen LogP contribution < -0.4 is 0 Å². The Hall–Kier alpha value is -2.35. The van der Waals surface area contributed by atoms with Crippen LogP contribution in [0.5, 0.6) is 0 Å². The molecule has 0 unspecified atom stereocenters. The van der Waals surface area contributed by atoms with Crippen molar-refractivity contribution >= 4 is 11.6 Å². The molecule has 0 spiro atoms. The Morgan fingerprint density at radius 1 is 1.59 bits per heavy atom. The van der Waals surface area contributed by atoms with E-state index in [-0.39, 0.29) is 0 Å². The van der Waals surface area contributed by atoms with Crippen molar-refractivity contribution in [2.45, 2.75) is 13.8 Å². The maximum Gasteiger partial charge on any atom is 0.357 e. The second-order valence-corrected chi connectivity index (χ2v) is 3.52. The summed E-state index contributed by atoms with van der Waals surface area (Å²) >= 11 is 0. The summed E-state index contributed by atoms with van der Waals surface area (Å²) in [6, 6.07) is 5.39. The summed E-state index contributed by atoms with van der Waals surface area (Å²) in [4.78, 5) is 16.0. The van der Waals surface area contributed by atoms with Gasteiger partial charge in [0.2, 0.25) is 0 Å². The van der Waals surface area contributed by atoms with Crippen LogP contribution in [0.1, 0.15) is 28.7 Å². The summed E-state index contributed by atoms with van der Waals surface area (Å²) in [5.41, 5.74) is 2.07. The average Bonchev–Trinajstić information content (AvgIpc) is 2.64. The number of ether oxygens (including phenoxy) is 1. The normalized spacial score (nSPS) is 10.2. The fourth-order valence-corrected chi connectivity index (χ4v) is 1.67. The number of pyridine rings is 1. The van der Waals surface area contributed by atoms with Gasteiger partial charge in [-0.1, -0.05) is 0 Å². The first-order chi connectivity index (χ1) is 8.17. The van der Waals surface area contributed by atoms with Gasteiger partial charge in [0.05, 0.1) is 17.9 Å². The van der Waals surface area contributed by atoms with Gasteiger partial charge in [-0.2, -0.15) is 5.26 Å². The lowest BCUT2D eigenvalue weighted by atomic mass is 10.3. The monoisotopic (exact) mass is 229 g/mol. The average molecular weight is 229 g/mol. The van der Waals surface area contributed by atoms with Gasteiger partial charge in [-0.05, 0) is 26.0 Å². The van der Waals surface area contributed by atoms with Gasteiger partial charge in [-0.3, -0.25) is 4.40 Å². The van der Waals surface area contributed by atoms with E-state index < -0.39 is 5.97 Å². The molecular weight excluding hydrogens is 218 g/mol. The SMILES string of the molecule is CCOC(=O)c1c(C)nc2ccc(C#N)cn12. The molecule has 0 aliphatic heterocycles. The Morgan fingerprint density at radius 2 is 2.35 bits per heavy atom. The molecule has 0 atom stereocenters. The summed E-state index contributed by atoms with van der Waals surface area (Å²) in [6.07, 6.45) is 1.58. The molecule has 5 heteroatoms. The Kier molecular flexibility index (Phi) is 2.79. The van der Waals surface area contributed by atoms with Gasteiger partial charge in [-0.15, -0.1) is 0 Å². The first-order valence-electron chi connectivity index (χ1n) is 5.23. The maximum atomic E-state index is 11.8. The lowest BCUT2D eigenvalue weighted by molar-refractivity contribution is 0.0517. The quantitative estimate of drug-likeness (QED) is 0.735. The summed E-state index contributed by atoms with van der Waals surface area (Å²) < 4.78 is 6.56. The first kappa shape index (κ1) is 11.1. The van der Waals surface area contributed by atoms with Crippen molar-refractivity contribution in [1.29, 1.82) is 5.26 Å². The molecule has 0 saturated heterocycles. The van der Waals surface area contributed by atoms with Gasteiger partial charge in [-0.25, -0.2) is 9.78 Å².